The highest BCUT2D eigenvalue weighted by Gasteiger charge is 2.62. The molecule has 2 aliphatic carbocycles. The Morgan fingerprint density at radius 3 is 2.65 bits per heavy atom. The van der Waals surface area contributed by atoms with E-state index in [1.807, 2.05) is 13.0 Å². The predicted molar refractivity (Wildman–Crippen MR) is 175 cm³/mol. The SMILES string of the molecule is COc1ccc2c(O[C@@H]3C[C@H]4C(=O)N[C@]5(C(=O)NS(=O)(=O)C6CC6)C[C@H]5C=CCO[C@@H](C)C[C@@H](C)[C@H](NC(=O)O)C(=O)N4C3)nccc2c1. The Hall–Kier alpha value is -4.44. The molecule has 1 aromatic heterocycles. The summed E-state index contributed by atoms with van der Waals surface area (Å²) < 4.78 is 45.2. The molecule has 1 saturated heterocycles. The number of fused-ring (bicyclic) bond motifs is 3. The summed E-state index contributed by atoms with van der Waals surface area (Å²) in [6.45, 7) is 3.61. The van der Waals surface area contributed by atoms with Crippen LogP contribution in [0.4, 0.5) is 4.79 Å². The predicted octanol–water partition coefficient (Wildman–Crippen LogP) is 1.71. The van der Waals surface area contributed by atoms with Gasteiger partial charge in [-0.1, -0.05) is 19.1 Å². The molecule has 0 bridgehead atoms. The molecule has 0 radical (unpaired) electrons. The Morgan fingerprint density at radius 1 is 1.16 bits per heavy atom. The van der Waals surface area contributed by atoms with Crippen molar-refractivity contribution in [2.45, 2.75) is 81.0 Å². The van der Waals surface area contributed by atoms with Gasteiger partial charge in [0, 0.05) is 23.9 Å². The molecule has 264 valence electrons. The first-order valence-corrected chi connectivity index (χ1v) is 17.9. The third-order valence-corrected chi connectivity index (χ3v) is 11.5. The average molecular weight is 700 g/mol. The molecule has 1 aromatic carbocycles. The fourth-order valence-corrected chi connectivity index (χ4v) is 8.14. The lowest BCUT2D eigenvalue weighted by Crippen LogP contribution is -2.59. The number of nitrogens with one attached hydrogen (secondary N) is 3. The topological polar surface area (TPSA) is 203 Å². The third kappa shape index (κ3) is 7.29. The minimum absolute atomic E-state index is 0.00193. The van der Waals surface area contributed by atoms with Crippen LogP contribution in [0.1, 0.15) is 46.0 Å². The average Bonchev–Trinajstić information content (AvgIpc) is 3.98. The Bertz CT molecular complexity index is 1780. The van der Waals surface area contributed by atoms with Gasteiger partial charge in [-0.25, -0.2) is 18.2 Å². The lowest BCUT2D eigenvalue weighted by molar-refractivity contribution is -0.142. The van der Waals surface area contributed by atoms with Crippen molar-refractivity contribution in [2.24, 2.45) is 11.8 Å². The largest absolute Gasteiger partial charge is 0.497 e. The summed E-state index contributed by atoms with van der Waals surface area (Å²) in [6, 6.07) is 4.77. The number of carbonyl (C=O) groups excluding carboxylic acids is 3. The highest BCUT2D eigenvalue weighted by Crippen LogP contribution is 2.46. The number of rotatable bonds is 7. The fourth-order valence-electron chi connectivity index (χ4n) is 6.78. The van der Waals surface area contributed by atoms with E-state index in [4.69, 9.17) is 14.2 Å². The van der Waals surface area contributed by atoms with Gasteiger partial charge in [-0.2, -0.15) is 0 Å². The third-order valence-electron chi connectivity index (χ3n) is 9.69. The van der Waals surface area contributed by atoms with E-state index in [9.17, 15) is 32.7 Å². The van der Waals surface area contributed by atoms with Crippen molar-refractivity contribution in [3.05, 3.63) is 42.6 Å². The number of aromatic nitrogens is 1. The van der Waals surface area contributed by atoms with Crippen molar-refractivity contribution in [1.29, 1.82) is 0 Å². The molecule has 3 heterocycles. The number of methoxy groups -OCH3 is 1. The van der Waals surface area contributed by atoms with Crippen LogP contribution in [0.25, 0.3) is 10.8 Å². The molecule has 2 aliphatic heterocycles. The van der Waals surface area contributed by atoms with Crippen LogP contribution in [0.15, 0.2) is 42.6 Å². The fraction of sp³-hybridized carbons (Fsp3) is 0.545. The standard InChI is InChI=1S/C33H41N5O10S/c1-18-13-19(2)47-12-4-5-21-16-33(21,31(41)37-49(44,45)24-7-8-24)36-28(39)26-15-23(17-38(26)30(40)27(18)35-32(42)43)48-29-25-9-6-22(46-3)14-20(25)10-11-34-29/h4-6,9-11,14,18-19,21,23-24,26-27,35H,7-8,12-13,15-17H2,1-3H3,(H,36,39)(H,37,41)(H,42,43)/t18-,19+,21-,23-,26+,27+,33-/m1/s1. The van der Waals surface area contributed by atoms with E-state index in [2.05, 4.69) is 20.3 Å². The number of hydrogen-bond acceptors (Lipinski definition) is 10. The van der Waals surface area contributed by atoms with Crippen molar-refractivity contribution in [2.75, 3.05) is 20.3 Å². The second kappa shape index (κ2) is 13.5. The van der Waals surface area contributed by atoms with E-state index in [1.165, 1.54) is 4.90 Å². The zero-order valence-electron chi connectivity index (χ0n) is 27.5. The normalized spacial score (nSPS) is 30.6. The number of nitrogens with zero attached hydrogens (tertiary/aromatic N) is 2. The summed E-state index contributed by atoms with van der Waals surface area (Å²) in [4.78, 5) is 59.6. The summed E-state index contributed by atoms with van der Waals surface area (Å²) in [5.74, 6) is -2.31. The quantitative estimate of drug-likeness (QED) is 0.307. The smallest absolute Gasteiger partial charge is 0.405 e. The summed E-state index contributed by atoms with van der Waals surface area (Å²) in [5, 5.41) is 15.6. The van der Waals surface area contributed by atoms with Crippen LogP contribution in [0.3, 0.4) is 0 Å². The van der Waals surface area contributed by atoms with Crippen LogP contribution in [0.5, 0.6) is 11.6 Å². The molecule has 2 aromatic rings. The molecule has 2 saturated carbocycles. The maximum atomic E-state index is 14.2. The Balaban J connectivity index is 1.33. The number of carbonyl (C=O) groups is 4. The number of benzene rings is 1. The van der Waals surface area contributed by atoms with Gasteiger partial charge in [-0.15, -0.1) is 0 Å². The van der Waals surface area contributed by atoms with Crippen LogP contribution >= 0.6 is 0 Å². The molecule has 16 heteroatoms. The first-order chi connectivity index (χ1) is 23.3. The number of ether oxygens (including phenoxy) is 3. The number of hydrogen-bond donors (Lipinski definition) is 4. The minimum atomic E-state index is -3.92. The van der Waals surface area contributed by atoms with E-state index in [0.29, 0.717) is 30.4 Å². The van der Waals surface area contributed by atoms with Crippen LogP contribution in [-0.2, 0) is 29.1 Å². The molecule has 0 spiro atoms. The van der Waals surface area contributed by atoms with Gasteiger partial charge in [0.05, 0.1) is 31.6 Å². The van der Waals surface area contributed by atoms with Gasteiger partial charge in [0.25, 0.3) is 5.91 Å². The first-order valence-electron chi connectivity index (χ1n) is 16.4. The molecule has 7 atom stereocenters. The van der Waals surface area contributed by atoms with Crippen molar-refractivity contribution in [1.82, 2.24) is 25.2 Å². The lowest BCUT2D eigenvalue weighted by atomic mass is 9.94. The van der Waals surface area contributed by atoms with Gasteiger partial charge < -0.3 is 34.9 Å². The van der Waals surface area contributed by atoms with Gasteiger partial charge >= 0.3 is 6.09 Å². The molecule has 15 nitrogen and oxygen atoms in total. The van der Waals surface area contributed by atoms with Crippen LogP contribution in [0, 0.1) is 11.8 Å². The minimum Gasteiger partial charge on any atom is -0.497 e. The van der Waals surface area contributed by atoms with Gasteiger partial charge in [0.15, 0.2) is 0 Å². The molecule has 4 N–H and O–H groups in total. The van der Waals surface area contributed by atoms with E-state index in [0.717, 1.165) is 5.39 Å². The molecule has 4 amide bonds. The van der Waals surface area contributed by atoms with E-state index in [1.54, 1.807) is 50.6 Å². The lowest BCUT2D eigenvalue weighted by Gasteiger charge is -2.32. The van der Waals surface area contributed by atoms with Crippen LogP contribution in [-0.4, -0.2) is 103 Å². The molecular formula is C33H41N5O10S. The number of pyridine rings is 1. The summed E-state index contributed by atoms with van der Waals surface area (Å²) in [7, 11) is -2.36. The maximum absolute atomic E-state index is 14.2. The van der Waals surface area contributed by atoms with Crippen molar-refractivity contribution in [3.63, 3.8) is 0 Å². The summed E-state index contributed by atoms with van der Waals surface area (Å²) in [5.41, 5.74) is -1.57. The second-order valence-electron chi connectivity index (χ2n) is 13.3. The molecular weight excluding hydrogens is 658 g/mol. The summed E-state index contributed by atoms with van der Waals surface area (Å²) >= 11 is 0. The molecule has 0 unspecified atom stereocenters. The molecule has 49 heavy (non-hydrogen) atoms. The molecule has 6 rings (SSSR count). The van der Waals surface area contributed by atoms with E-state index >= 15 is 0 Å². The Labute approximate surface area is 283 Å². The van der Waals surface area contributed by atoms with Gasteiger partial charge in [0.2, 0.25) is 27.7 Å². The molecule has 4 aliphatic rings. The second-order valence-corrected chi connectivity index (χ2v) is 15.3. The zero-order valence-corrected chi connectivity index (χ0v) is 28.3. The van der Waals surface area contributed by atoms with Gasteiger partial charge in [0.1, 0.15) is 29.5 Å². The Morgan fingerprint density at radius 2 is 1.94 bits per heavy atom. The maximum Gasteiger partial charge on any atom is 0.405 e. The van der Waals surface area contributed by atoms with Crippen LogP contribution in [0.2, 0.25) is 0 Å². The van der Waals surface area contributed by atoms with Crippen molar-refractivity contribution >= 4 is 44.6 Å². The zero-order chi connectivity index (χ0) is 35.1. The van der Waals surface area contributed by atoms with E-state index < -0.39 is 74.7 Å². The number of sulfonamides is 1. The van der Waals surface area contributed by atoms with Gasteiger partial charge in [-0.05, 0) is 68.2 Å². The van der Waals surface area contributed by atoms with Crippen molar-refractivity contribution < 1.29 is 46.9 Å². The first kappa shape index (κ1) is 34.4. The number of amides is 4. The van der Waals surface area contributed by atoms with Crippen molar-refractivity contribution in [3.8, 4) is 11.6 Å². The summed E-state index contributed by atoms with van der Waals surface area (Å²) in [6.07, 6.45) is 3.85. The highest BCUT2D eigenvalue weighted by molar-refractivity contribution is 7.91. The van der Waals surface area contributed by atoms with Crippen LogP contribution < -0.4 is 24.8 Å². The highest BCUT2D eigenvalue weighted by atomic mass is 32.2. The van der Waals surface area contributed by atoms with E-state index in [-0.39, 0.29) is 38.0 Å². The number of carboxylic acid groups (broad SMARTS) is 1. The van der Waals surface area contributed by atoms with Gasteiger partial charge in [-0.3, -0.25) is 19.1 Å². The molecule has 3 fully saturated rings. The Kier molecular flexibility index (Phi) is 9.46. The monoisotopic (exact) mass is 699 g/mol.